The van der Waals surface area contributed by atoms with Gasteiger partial charge in [-0.05, 0) is 25.3 Å². The fraction of sp³-hybridized carbons (Fsp3) is 0.286. The normalized spacial score (nSPS) is 23.6. The van der Waals surface area contributed by atoms with Crippen LogP contribution >= 0.6 is 0 Å². The van der Waals surface area contributed by atoms with Crippen LogP contribution in [0.1, 0.15) is 6.92 Å². The molecule has 0 radical (unpaired) electrons. The van der Waals surface area contributed by atoms with E-state index >= 15 is 0 Å². The second-order valence-corrected chi connectivity index (χ2v) is 3.82. The molecule has 0 heterocycles. The van der Waals surface area contributed by atoms with Crippen LogP contribution in [0, 0.1) is 0 Å². The fourth-order valence-corrected chi connectivity index (χ4v) is 1.54. The van der Waals surface area contributed by atoms with Crippen molar-refractivity contribution in [2.75, 3.05) is 6.67 Å². The van der Waals surface area contributed by atoms with Crippen molar-refractivity contribution in [1.82, 2.24) is 5.32 Å². The zero-order valence-corrected chi connectivity index (χ0v) is 10.7. The summed E-state index contributed by atoms with van der Waals surface area (Å²) in [5.74, 6) is 0. The predicted molar refractivity (Wildman–Crippen MR) is 79.0 cm³/mol. The number of rotatable bonds is 6. The molecule has 2 atom stereocenters. The summed E-state index contributed by atoms with van der Waals surface area (Å²) in [4.78, 5) is 8.59. The molecule has 2 unspecified atom stereocenters. The highest BCUT2D eigenvalue weighted by molar-refractivity contribution is 5.71. The average Bonchev–Trinajstić information content (AvgIpc) is 2.35. The van der Waals surface area contributed by atoms with E-state index in [4.69, 9.17) is 5.73 Å². The minimum absolute atomic E-state index is 0.148. The Labute approximate surface area is 108 Å². The van der Waals surface area contributed by atoms with Gasteiger partial charge in [0.05, 0.1) is 18.8 Å². The number of hydrogen-bond acceptors (Lipinski definition) is 4. The van der Waals surface area contributed by atoms with Crippen molar-refractivity contribution in [2.24, 2.45) is 15.7 Å². The van der Waals surface area contributed by atoms with Crippen LogP contribution in [0.5, 0.6) is 0 Å². The summed E-state index contributed by atoms with van der Waals surface area (Å²) < 4.78 is 0. The quantitative estimate of drug-likeness (QED) is 0.550. The van der Waals surface area contributed by atoms with E-state index < -0.39 is 0 Å². The second-order valence-electron chi connectivity index (χ2n) is 3.82. The van der Waals surface area contributed by atoms with Gasteiger partial charge in [-0.25, -0.2) is 0 Å². The van der Waals surface area contributed by atoms with Crippen molar-refractivity contribution < 1.29 is 0 Å². The van der Waals surface area contributed by atoms with Gasteiger partial charge in [-0.3, -0.25) is 15.3 Å². The van der Waals surface area contributed by atoms with Crippen LogP contribution in [0.15, 0.2) is 58.7 Å². The Morgan fingerprint density at radius 1 is 1.44 bits per heavy atom. The maximum absolute atomic E-state index is 5.38. The topological polar surface area (TPSA) is 62.8 Å². The van der Waals surface area contributed by atoms with Gasteiger partial charge in [0.2, 0.25) is 0 Å². The van der Waals surface area contributed by atoms with Crippen LogP contribution in [0.2, 0.25) is 0 Å². The molecule has 3 N–H and O–H groups in total. The summed E-state index contributed by atoms with van der Waals surface area (Å²) in [6.45, 7) is 6.02. The molecule has 0 spiro atoms. The van der Waals surface area contributed by atoms with Gasteiger partial charge >= 0.3 is 0 Å². The van der Waals surface area contributed by atoms with Gasteiger partial charge in [-0.2, -0.15) is 0 Å². The van der Waals surface area contributed by atoms with Crippen molar-refractivity contribution in [3.05, 3.63) is 48.7 Å². The number of nitrogens with one attached hydrogen (secondary N) is 1. The zero-order valence-electron chi connectivity index (χ0n) is 10.7. The van der Waals surface area contributed by atoms with E-state index in [1.165, 1.54) is 0 Å². The molecular formula is C14H20N4. The maximum Gasteiger partial charge on any atom is 0.0889 e. The summed E-state index contributed by atoms with van der Waals surface area (Å²) in [5.41, 5.74) is 5.90. The van der Waals surface area contributed by atoms with Crippen molar-refractivity contribution in [1.29, 1.82) is 0 Å². The summed E-state index contributed by atoms with van der Waals surface area (Å²) in [5, 5.41) is 3.31. The summed E-state index contributed by atoms with van der Waals surface area (Å²) in [6.07, 6.45) is 15.2. The highest BCUT2D eigenvalue weighted by Crippen LogP contribution is 2.08. The van der Waals surface area contributed by atoms with E-state index in [1.807, 2.05) is 25.3 Å². The van der Waals surface area contributed by atoms with Gasteiger partial charge < -0.3 is 5.73 Å². The largest absolute Gasteiger partial charge is 0.399 e. The Hall–Kier alpha value is -1.94. The van der Waals surface area contributed by atoms with E-state index in [-0.39, 0.29) is 12.1 Å². The minimum Gasteiger partial charge on any atom is -0.399 e. The fourth-order valence-electron chi connectivity index (χ4n) is 1.54. The molecule has 0 aromatic heterocycles. The molecule has 0 amide bonds. The van der Waals surface area contributed by atoms with Gasteiger partial charge in [-0.1, -0.05) is 30.9 Å². The molecule has 0 bridgehead atoms. The van der Waals surface area contributed by atoms with E-state index in [2.05, 4.69) is 34.0 Å². The first kappa shape index (κ1) is 14.1. The standard InChI is InChI=1S/C14H20N4/c1-3-17-13-8-4-5-9-14(13)18-11-16-10-6-7-12(2)15/h3-10,13-14,18H,2,11,15H2,1H3/b7-6-,16-10-,17-3-. The van der Waals surface area contributed by atoms with Crippen molar-refractivity contribution in [2.45, 2.75) is 19.0 Å². The molecule has 1 aliphatic rings. The Morgan fingerprint density at radius 2 is 2.22 bits per heavy atom. The van der Waals surface area contributed by atoms with E-state index in [0.717, 1.165) is 0 Å². The van der Waals surface area contributed by atoms with Crippen LogP contribution in [-0.4, -0.2) is 31.2 Å². The van der Waals surface area contributed by atoms with E-state index in [9.17, 15) is 0 Å². The molecule has 0 saturated heterocycles. The lowest BCUT2D eigenvalue weighted by molar-refractivity contribution is 0.556. The molecular weight excluding hydrogens is 224 g/mol. The Balaban J connectivity index is 2.36. The molecule has 4 heteroatoms. The van der Waals surface area contributed by atoms with Gasteiger partial charge in [0, 0.05) is 11.9 Å². The highest BCUT2D eigenvalue weighted by Gasteiger charge is 2.15. The first-order chi connectivity index (χ1) is 8.74. The highest BCUT2D eigenvalue weighted by atomic mass is 15.0. The van der Waals surface area contributed by atoms with Gasteiger partial charge in [0.15, 0.2) is 0 Å². The Bertz CT molecular complexity index is 402. The Morgan fingerprint density at radius 3 is 2.94 bits per heavy atom. The van der Waals surface area contributed by atoms with Crippen LogP contribution in [0.25, 0.3) is 0 Å². The molecule has 18 heavy (non-hydrogen) atoms. The smallest absolute Gasteiger partial charge is 0.0889 e. The number of aliphatic imine (C=N–C) groups is 2. The third-order valence-corrected chi connectivity index (χ3v) is 2.35. The van der Waals surface area contributed by atoms with Crippen molar-refractivity contribution in [3.63, 3.8) is 0 Å². The Kier molecular flexibility index (Phi) is 6.43. The van der Waals surface area contributed by atoms with E-state index in [1.54, 1.807) is 18.4 Å². The molecule has 96 valence electrons. The monoisotopic (exact) mass is 244 g/mol. The summed E-state index contributed by atoms with van der Waals surface area (Å²) >= 11 is 0. The summed E-state index contributed by atoms with van der Waals surface area (Å²) in [7, 11) is 0. The van der Waals surface area contributed by atoms with Gasteiger partial charge in [-0.15, -0.1) is 0 Å². The van der Waals surface area contributed by atoms with E-state index in [0.29, 0.717) is 12.4 Å². The molecule has 0 saturated carbocycles. The molecule has 4 nitrogen and oxygen atoms in total. The average molecular weight is 244 g/mol. The first-order valence-corrected chi connectivity index (χ1v) is 5.91. The predicted octanol–water partition coefficient (Wildman–Crippen LogP) is 1.59. The molecule has 1 aliphatic carbocycles. The maximum atomic E-state index is 5.38. The van der Waals surface area contributed by atoms with Gasteiger partial charge in [0.1, 0.15) is 0 Å². The van der Waals surface area contributed by atoms with Crippen molar-refractivity contribution >= 4 is 12.4 Å². The molecule has 0 aromatic rings. The van der Waals surface area contributed by atoms with Crippen molar-refractivity contribution in [3.8, 4) is 0 Å². The minimum atomic E-state index is 0.148. The lowest BCUT2D eigenvalue weighted by Gasteiger charge is -2.20. The van der Waals surface area contributed by atoms with Crippen LogP contribution in [-0.2, 0) is 0 Å². The zero-order chi connectivity index (χ0) is 13.2. The lowest BCUT2D eigenvalue weighted by Crippen LogP contribution is -2.37. The molecule has 0 aromatic carbocycles. The molecule has 0 fully saturated rings. The molecule has 1 rings (SSSR count). The lowest BCUT2D eigenvalue weighted by atomic mass is 10.0. The third kappa shape index (κ3) is 5.41. The molecule has 0 aliphatic heterocycles. The van der Waals surface area contributed by atoms with Crippen LogP contribution in [0.4, 0.5) is 0 Å². The van der Waals surface area contributed by atoms with Crippen LogP contribution < -0.4 is 11.1 Å². The first-order valence-electron chi connectivity index (χ1n) is 5.91. The third-order valence-electron chi connectivity index (χ3n) is 2.35. The van der Waals surface area contributed by atoms with Gasteiger partial charge in [0.25, 0.3) is 0 Å². The SMILES string of the molecule is C=C(N)/C=C\C=N/CNC1C=CC=CC1/N=C\C. The number of nitrogens with zero attached hydrogens (tertiary/aromatic N) is 2. The second kappa shape index (κ2) is 8.20. The number of hydrogen-bond donors (Lipinski definition) is 2. The van der Waals surface area contributed by atoms with Crippen LogP contribution in [0.3, 0.4) is 0 Å². The summed E-state index contributed by atoms with van der Waals surface area (Å²) in [6, 6.07) is 0.339. The number of nitrogens with two attached hydrogens (primary N) is 1. The number of allylic oxidation sites excluding steroid dienone is 4.